The summed E-state index contributed by atoms with van der Waals surface area (Å²) in [6.07, 6.45) is 1.08. The first-order chi connectivity index (χ1) is 9.63. The maximum atomic E-state index is 6.07. The number of para-hydroxylation sites is 1. The first-order valence-electron chi connectivity index (χ1n) is 6.85. The van der Waals surface area contributed by atoms with E-state index in [2.05, 4.69) is 39.5 Å². The molecule has 3 rings (SSSR count). The number of nitrogens with zero attached hydrogens (tertiary/aromatic N) is 4. The Balaban J connectivity index is 2.35. The van der Waals surface area contributed by atoms with Gasteiger partial charge in [0, 0.05) is 26.0 Å². The molecule has 0 aliphatic heterocycles. The molecule has 0 atom stereocenters. The molecule has 0 unspecified atom stereocenters. The van der Waals surface area contributed by atoms with Gasteiger partial charge in [-0.2, -0.15) is 0 Å². The number of aryl methyl sites for hydroxylation is 1. The molecule has 0 bridgehead atoms. The molecule has 2 aromatic heterocycles. The second kappa shape index (κ2) is 4.67. The summed E-state index contributed by atoms with van der Waals surface area (Å²) in [6, 6.07) is 8.03. The minimum absolute atomic E-state index is 0.491. The monoisotopic (exact) mass is 269 g/mol. The number of aromatic nitrogens is 3. The van der Waals surface area contributed by atoms with Gasteiger partial charge >= 0.3 is 0 Å². The van der Waals surface area contributed by atoms with Gasteiger partial charge in [0.1, 0.15) is 5.52 Å². The van der Waals surface area contributed by atoms with Crippen LogP contribution in [0.5, 0.6) is 0 Å². The maximum Gasteiger partial charge on any atom is 0.206 e. The van der Waals surface area contributed by atoms with Gasteiger partial charge in [-0.25, -0.2) is 9.97 Å². The summed E-state index contributed by atoms with van der Waals surface area (Å²) in [5.41, 5.74) is 8.81. The average molecular weight is 269 g/mol. The Hall–Kier alpha value is -2.30. The molecule has 104 valence electrons. The number of rotatable bonds is 3. The molecule has 0 radical (unpaired) electrons. The number of hydrogen-bond donors (Lipinski definition) is 1. The largest absolute Gasteiger partial charge is 0.382 e. The molecule has 20 heavy (non-hydrogen) atoms. The van der Waals surface area contributed by atoms with E-state index >= 15 is 0 Å². The van der Waals surface area contributed by atoms with E-state index in [0.29, 0.717) is 5.82 Å². The molecular weight excluding hydrogens is 250 g/mol. The number of imidazole rings is 1. The summed E-state index contributed by atoms with van der Waals surface area (Å²) < 4.78 is 2.10. The van der Waals surface area contributed by atoms with E-state index < -0.39 is 0 Å². The minimum atomic E-state index is 0.491. The van der Waals surface area contributed by atoms with E-state index in [1.54, 1.807) is 0 Å². The fourth-order valence-electron chi connectivity index (χ4n) is 2.70. The van der Waals surface area contributed by atoms with Crippen molar-refractivity contribution in [3.05, 3.63) is 24.3 Å². The van der Waals surface area contributed by atoms with Crippen LogP contribution in [0.1, 0.15) is 13.3 Å². The lowest BCUT2D eigenvalue weighted by Gasteiger charge is -2.17. The zero-order valence-electron chi connectivity index (χ0n) is 12.1. The zero-order chi connectivity index (χ0) is 14.3. The molecule has 0 aliphatic carbocycles. The van der Waals surface area contributed by atoms with Crippen molar-refractivity contribution in [2.75, 3.05) is 24.2 Å². The first kappa shape index (κ1) is 12.7. The van der Waals surface area contributed by atoms with Crippen LogP contribution in [0.3, 0.4) is 0 Å². The highest BCUT2D eigenvalue weighted by molar-refractivity contribution is 6.07. The van der Waals surface area contributed by atoms with Crippen LogP contribution >= 0.6 is 0 Å². The molecule has 0 aliphatic rings. The molecule has 5 nitrogen and oxygen atoms in total. The van der Waals surface area contributed by atoms with Crippen LogP contribution in [0, 0.1) is 0 Å². The number of benzene rings is 1. The van der Waals surface area contributed by atoms with Gasteiger partial charge in [0.2, 0.25) is 5.95 Å². The molecule has 3 aromatic rings. The van der Waals surface area contributed by atoms with Crippen molar-refractivity contribution in [2.45, 2.75) is 13.3 Å². The van der Waals surface area contributed by atoms with Gasteiger partial charge in [0.25, 0.3) is 0 Å². The summed E-state index contributed by atoms with van der Waals surface area (Å²) in [6.45, 7) is 3.12. The van der Waals surface area contributed by atoms with Gasteiger partial charge in [-0.3, -0.25) is 0 Å². The van der Waals surface area contributed by atoms with E-state index in [1.807, 2.05) is 25.2 Å². The van der Waals surface area contributed by atoms with Gasteiger partial charge in [-0.1, -0.05) is 25.1 Å². The van der Waals surface area contributed by atoms with Crippen molar-refractivity contribution in [3.63, 3.8) is 0 Å². The zero-order valence-corrected chi connectivity index (χ0v) is 12.1. The molecule has 2 heterocycles. The van der Waals surface area contributed by atoms with Gasteiger partial charge in [-0.15, -0.1) is 0 Å². The van der Waals surface area contributed by atoms with Crippen LogP contribution in [-0.4, -0.2) is 28.1 Å². The SMILES string of the molecule is CCCN(C)c1nc2c(N)nc3ccccc3c2n1C. The number of fused-ring (bicyclic) bond motifs is 3. The predicted molar refractivity (Wildman–Crippen MR) is 84.0 cm³/mol. The molecule has 0 spiro atoms. The van der Waals surface area contributed by atoms with E-state index in [0.717, 1.165) is 40.9 Å². The summed E-state index contributed by atoms with van der Waals surface area (Å²) in [5.74, 6) is 1.41. The molecule has 0 amide bonds. The lowest BCUT2D eigenvalue weighted by molar-refractivity contribution is 0.789. The molecule has 2 N–H and O–H groups in total. The van der Waals surface area contributed by atoms with E-state index in [9.17, 15) is 0 Å². The van der Waals surface area contributed by atoms with Crippen molar-refractivity contribution in [1.82, 2.24) is 14.5 Å². The summed E-state index contributed by atoms with van der Waals surface area (Å²) in [4.78, 5) is 11.3. The average Bonchev–Trinajstić information content (AvgIpc) is 2.78. The Morgan fingerprint density at radius 1 is 1.25 bits per heavy atom. The van der Waals surface area contributed by atoms with Crippen LogP contribution in [0.2, 0.25) is 0 Å². The van der Waals surface area contributed by atoms with Gasteiger partial charge < -0.3 is 15.2 Å². The summed E-state index contributed by atoms with van der Waals surface area (Å²) >= 11 is 0. The standard InChI is InChI=1S/C15H19N5/c1-4-9-19(2)15-18-12-13(20(15)3)10-7-5-6-8-11(10)17-14(12)16/h5-8H,4,9H2,1-3H3,(H2,16,17). The van der Waals surface area contributed by atoms with Crippen LogP contribution in [-0.2, 0) is 7.05 Å². The Bertz CT molecular complexity index is 775. The van der Waals surface area contributed by atoms with Gasteiger partial charge in [0.15, 0.2) is 5.82 Å². The number of nitrogens with two attached hydrogens (primary N) is 1. The van der Waals surface area contributed by atoms with Crippen molar-refractivity contribution < 1.29 is 0 Å². The third kappa shape index (κ3) is 1.78. The fourth-order valence-corrected chi connectivity index (χ4v) is 2.70. The van der Waals surface area contributed by atoms with E-state index in [-0.39, 0.29) is 0 Å². The Morgan fingerprint density at radius 3 is 2.75 bits per heavy atom. The quantitative estimate of drug-likeness (QED) is 0.794. The Labute approximate surface area is 118 Å². The molecule has 0 saturated heterocycles. The Kier molecular flexibility index (Phi) is 2.97. The normalized spacial score (nSPS) is 11.3. The number of hydrogen-bond acceptors (Lipinski definition) is 4. The lowest BCUT2D eigenvalue weighted by Crippen LogP contribution is -2.21. The van der Waals surface area contributed by atoms with Crippen molar-refractivity contribution in [1.29, 1.82) is 0 Å². The number of nitrogen functional groups attached to an aromatic ring is 1. The topological polar surface area (TPSA) is 60.0 Å². The molecule has 1 aromatic carbocycles. The van der Waals surface area contributed by atoms with Crippen LogP contribution < -0.4 is 10.6 Å². The highest BCUT2D eigenvalue weighted by Crippen LogP contribution is 2.30. The highest BCUT2D eigenvalue weighted by Gasteiger charge is 2.16. The summed E-state index contributed by atoms with van der Waals surface area (Å²) in [7, 11) is 4.08. The van der Waals surface area contributed by atoms with Gasteiger partial charge in [-0.05, 0) is 12.5 Å². The van der Waals surface area contributed by atoms with E-state index in [4.69, 9.17) is 5.73 Å². The molecule has 5 heteroatoms. The summed E-state index contributed by atoms with van der Waals surface area (Å²) in [5, 5.41) is 1.09. The third-order valence-corrected chi connectivity index (χ3v) is 3.61. The minimum Gasteiger partial charge on any atom is -0.382 e. The second-order valence-corrected chi connectivity index (χ2v) is 5.10. The van der Waals surface area contributed by atoms with Crippen molar-refractivity contribution >= 4 is 33.7 Å². The Morgan fingerprint density at radius 2 is 2.00 bits per heavy atom. The van der Waals surface area contributed by atoms with Crippen molar-refractivity contribution in [3.8, 4) is 0 Å². The second-order valence-electron chi connectivity index (χ2n) is 5.10. The number of pyridine rings is 1. The number of anilines is 2. The van der Waals surface area contributed by atoms with Crippen LogP contribution in [0.15, 0.2) is 24.3 Å². The fraction of sp³-hybridized carbons (Fsp3) is 0.333. The molecule has 0 saturated carbocycles. The molecule has 0 fully saturated rings. The maximum absolute atomic E-state index is 6.07. The highest BCUT2D eigenvalue weighted by atomic mass is 15.3. The lowest BCUT2D eigenvalue weighted by atomic mass is 10.2. The van der Waals surface area contributed by atoms with Crippen LogP contribution in [0.25, 0.3) is 21.9 Å². The van der Waals surface area contributed by atoms with Gasteiger partial charge in [0.05, 0.1) is 11.0 Å². The van der Waals surface area contributed by atoms with Crippen LogP contribution in [0.4, 0.5) is 11.8 Å². The smallest absolute Gasteiger partial charge is 0.206 e. The first-order valence-corrected chi connectivity index (χ1v) is 6.85. The molecular formula is C15H19N5. The predicted octanol–water partition coefficient (Wildman–Crippen LogP) is 2.55. The van der Waals surface area contributed by atoms with Crippen molar-refractivity contribution in [2.24, 2.45) is 7.05 Å². The van der Waals surface area contributed by atoms with E-state index in [1.165, 1.54) is 0 Å². The third-order valence-electron chi connectivity index (χ3n) is 3.61.